The molecule has 2 N–H and O–H groups in total. The molecule has 0 radical (unpaired) electrons. The van der Waals surface area contributed by atoms with E-state index in [0.29, 0.717) is 11.5 Å². The topological polar surface area (TPSA) is 29.3 Å². The first kappa shape index (κ1) is 14.1. The Morgan fingerprint density at radius 1 is 1.05 bits per heavy atom. The molecule has 0 aromatic heterocycles. The Kier molecular flexibility index (Phi) is 4.42. The number of nitrogens with zero attached hydrogens (tertiary/aromatic N) is 1. The van der Waals surface area contributed by atoms with Gasteiger partial charge in [-0.05, 0) is 50.3 Å². The van der Waals surface area contributed by atoms with Gasteiger partial charge in [-0.15, -0.1) is 0 Å². The number of rotatable bonds is 3. The van der Waals surface area contributed by atoms with Gasteiger partial charge in [0.1, 0.15) is 0 Å². The van der Waals surface area contributed by atoms with Crippen molar-refractivity contribution in [1.29, 1.82) is 0 Å². The summed E-state index contributed by atoms with van der Waals surface area (Å²) in [6.07, 6.45) is 9.44. The van der Waals surface area contributed by atoms with Gasteiger partial charge in [-0.3, -0.25) is 4.90 Å². The summed E-state index contributed by atoms with van der Waals surface area (Å²) >= 11 is 0. The second kappa shape index (κ2) is 6.28. The molecule has 1 atom stereocenters. The molecule has 1 aliphatic heterocycles. The second-order valence-electron chi connectivity index (χ2n) is 6.65. The zero-order valence-corrected chi connectivity index (χ0v) is 12.6. The molecule has 1 aromatic rings. The number of likely N-dealkylation sites (tertiary alicyclic amines) is 1. The van der Waals surface area contributed by atoms with Gasteiger partial charge in [0, 0.05) is 12.1 Å². The molecular weight excluding hydrogens is 244 g/mol. The molecule has 0 amide bonds. The number of benzene rings is 1. The first-order valence-electron chi connectivity index (χ1n) is 8.36. The van der Waals surface area contributed by atoms with Crippen LogP contribution in [-0.4, -0.2) is 24.5 Å². The Hall–Kier alpha value is -0.860. The van der Waals surface area contributed by atoms with E-state index in [9.17, 15) is 0 Å². The van der Waals surface area contributed by atoms with Crippen LogP contribution in [-0.2, 0) is 5.54 Å². The highest BCUT2D eigenvalue weighted by molar-refractivity contribution is 5.25. The summed E-state index contributed by atoms with van der Waals surface area (Å²) in [5, 5.41) is 0. The van der Waals surface area contributed by atoms with Crippen LogP contribution in [0.25, 0.3) is 0 Å². The first-order chi connectivity index (χ1) is 9.85. The zero-order chi connectivity index (χ0) is 13.8. The minimum absolute atomic E-state index is 0.299. The van der Waals surface area contributed by atoms with Crippen molar-refractivity contribution in [3.63, 3.8) is 0 Å². The van der Waals surface area contributed by atoms with Crippen molar-refractivity contribution in [1.82, 2.24) is 4.90 Å². The Balaban J connectivity index is 1.89. The van der Waals surface area contributed by atoms with E-state index in [1.807, 2.05) is 0 Å². The van der Waals surface area contributed by atoms with Crippen molar-refractivity contribution < 1.29 is 0 Å². The summed E-state index contributed by atoms with van der Waals surface area (Å²) < 4.78 is 0. The highest BCUT2D eigenvalue weighted by Gasteiger charge is 2.40. The summed E-state index contributed by atoms with van der Waals surface area (Å²) in [4.78, 5) is 2.78. The van der Waals surface area contributed by atoms with E-state index in [1.54, 1.807) is 0 Å². The van der Waals surface area contributed by atoms with E-state index >= 15 is 0 Å². The molecule has 2 aliphatic rings. The monoisotopic (exact) mass is 272 g/mol. The van der Waals surface area contributed by atoms with Crippen molar-refractivity contribution in [2.45, 2.75) is 50.5 Å². The predicted molar refractivity (Wildman–Crippen MR) is 84.6 cm³/mol. The van der Waals surface area contributed by atoms with Gasteiger partial charge in [0.2, 0.25) is 0 Å². The molecule has 1 aliphatic carbocycles. The molecule has 1 unspecified atom stereocenters. The third-order valence-electron chi connectivity index (χ3n) is 5.45. The summed E-state index contributed by atoms with van der Waals surface area (Å²) in [6.45, 7) is 3.30. The van der Waals surface area contributed by atoms with Crippen LogP contribution in [0.3, 0.4) is 0 Å². The fraction of sp³-hybridized carbons (Fsp3) is 0.667. The highest BCUT2D eigenvalue weighted by Crippen LogP contribution is 2.43. The highest BCUT2D eigenvalue weighted by atomic mass is 15.2. The van der Waals surface area contributed by atoms with Gasteiger partial charge < -0.3 is 5.73 Å². The van der Waals surface area contributed by atoms with Crippen LogP contribution in [0.2, 0.25) is 0 Å². The van der Waals surface area contributed by atoms with Crippen LogP contribution in [0.1, 0.15) is 50.5 Å². The molecule has 1 saturated heterocycles. The van der Waals surface area contributed by atoms with E-state index in [0.717, 1.165) is 6.54 Å². The lowest BCUT2D eigenvalue weighted by atomic mass is 9.74. The van der Waals surface area contributed by atoms with E-state index in [4.69, 9.17) is 5.73 Å². The van der Waals surface area contributed by atoms with Crippen molar-refractivity contribution in [2.75, 3.05) is 19.6 Å². The average molecular weight is 272 g/mol. The Labute approximate surface area is 123 Å². The van der Waals surface area contributed by atoms with Gasteiger partial charge in [-0.1, -0.05) is 49.6 Å². The number of hydrogen-bond acceptors (Lipinski definition) is 2. The molecule has 2 heteroatoms. The van der Waals surface area contributed by atoms with Gasteiger partial charge in [0.25, 0.3) is 0 Å². The van der Waals surface area contributed by atoms with Crippen LogP contribution >= 0.6 is 0 Å². The van der Waals surface area contributed by atoms with Gasteiger partial charge in [-0.2, -0.15) is 0 Å². The normalized spacial score (nSPS) is 27.4. The molecule has 1 saturated carbocycles. The standard InChI is InChI=1S/C18H28N2/c19-14-16-8-7-13-20(15-16)18(11-5-2-6-12-18)17-9-3-1-4-10-17/h1,3-4,9-10,16H,2,5-8,11-15,19H2. The molecule has 0 bridgehead atoms. The third-order valence-corrected chi connectivity index (χ3v) is 5.45. The zero-order valence-electron chi connectivity index (χ0n) is 12.6. The van der Waals surface area contributed by atoms with E-state index in [2.05, 4.69) is 35.2 Å². The summed E-state index contributed by atoms with van der Waals surface area (Å²) in [7, 11) is 0. The van der Waals surface area contributed by atoms with Crippen molar-refractivity contribution in [3.8, 4) is 0 Å². The van der Waals surface area contributed by atoms with Crippen LogP contribution < -0.4 is 5.73 Å². The minimum Gasteiger partial charge on any atom is -0.330 e. The lowest BCUT2D eigenvalue weighted by molar-refractivity contribution is 0.0123. The fourth-order valence-corrected chi connectivity index (χ4v) is 4.32. The van der Waals surface area contributed by atoms with Gasteiger partial charge >= 0.3 is 0 Å². The summed E-state index contributed by atoms with van der Waals surface area (Å²) in [5.74, 6) is 0.700. The largest absolute Gasteiger partial charge is 0.330 e. The molecule has 0 spiro atoms. The second-order valence-corrected chi connectivity index (χ2v) is 6.65. The van der Waals surface area contributed by atoms with Crippen LogP contribution in [0.15, 0.2) is 30.3 Å². The molecule has 2 nitrogen and oxygen atoms in total. The minimum atomic E-state index is 0.299. The number of nitrogens with two attached hydrogens (primary N) is 1. The lowest BCUT2D eigenvalue weighted by Gasteiger charge is -2.50. The molecular formula is C18H28N2. The van der Waals surface area contributed by atoms with Crippen LogP contribution in [0.4, 0.5) is 0 Å². The third kappa shape index (κ3) is 2.64. The van der Waals surface area contributed by atoms with Crippen LogP contribution in [0.5, 0.6) is 0 Å². The van der Waals surface area contributed by atoms with Crippen molar-refractivity contribution in [2.24, 2.45) is 11.7 Å². The van der Waals surface area contributed by atoms with Gasteiger partial charge in [-0.25, -0.2) is 0 Å². The maximum Gasteiger partial charge on any atom is 0.0460 e. The first-order valence-corrected chi connectivity index (χ1v) is 8.36. The summed E-state index contributed by atoms with van der Waals surface area (Å²) in [5.41, 5.74) is 7.79. The predicted octanol–water partition coefficient (Wildman–Crippen LogP) is 3.52. The van der Waals surface area contributed by atoms with E-state index < -0.39 is 0 Å². The Morgan fingerprint density at radius 2 is 1.80 bits per heavy atom. The van der Waals surface area contributed by atoms with Crippen molar-refractivity contribution in [3.05, 3.63) is 35.9 Å². The lowest BCUT2D eigenvalue weighted by Crippen LogP contribution is -2.52. The quantitative estimate of drug-likeness (QED) is 0.912. The van der Waals surface area contributed by atoms with Gasteiger partial charge in [0.15, 0.2) is 0 Å². The van der Waals surface area contributed by atoms with Crippen molar-refractivity contribution >= 4 is 0 Å². The molecule has 2 fully saturated rings. The average Bonchev–Trinajstić information content (AvgIpc) is 2.56. The van der Waals surface area contributed by atoms with E-state index in [1.165, 1.54) is 63.6 Å². The molecule has 3 rings (SSSR count). The smallest absolute Gasteiger partial charge is 0.0460 e. The SMILES string of the molecule is NCC1CCCN(C2(c3ccccc3)CCCCC2)C1. The maximum absolute atomic E-state index is 5.95. The molecule has 1 heterocycles. The molecule has 110 valence electrons. The van der Waals surface area contributed by atoms with E-state index in [-0.39, 0.29) is 0 Å². The van der Waals surface area contributed by atoms with Crippen LogP contribution in [0, 0.1) is 5.92 Å². The number of hydrogen-bond donors (Lipinski definition) is 1. The fourth-order valence-electron chi connectivity index (χ4n) is 4.32. The van der Waals surface area contributed by atoms with Gasteiger partial charge in [0.05, 0.1) is 0 Å². The Morgan fingerprint density at radius 3 is 2.50 bits per heavy atom. The molecule has 20 heavy (non-hydrogen) atoms. The molecule has 1 aromatic carbocycles. The number of piperidine rings is 1. The maximum atomic E-state index is 5.95. The Bertz CT molecular complexity index is 409. The summed E-state index contributed by atoms with van der Waals surface area (Å²) in [6, 6.07) is 11.2.